The van der Waals surface area contributed by atoms with E-state index in [1.807, 2.05) is 6.20 Å². The third-order valence-electron chi connectivity index (χ3n) is 5.00. The number of aromatic nitrogens is 1. The van der Waals surface area contributed by atoms with Crippen LogP contribution in [-0.4, -0.2) is 11.0 Å². The monoisotopic (exact) mass is 248 g/mol. The summed E-state index contributed by atoms with van der Waals surface area (Å²) >= 11 is 0. The van der Waals surface area contributed by atoms with Crippen LogP contribution in [0.15, 0.2) is 18.5 Å². The Morgan fingerprint density at radius 3 is 2.56 bits per heavy atom. The van der Waals surface area contributed by atoms with Crippen molar-refractivity contribution in [1.82, 2.24) is 10.3 Å². The van der Waals surface area contributed by atoms with Crippen LogP contribution in [0, 0.1) is 11.3 Å². The molecule has 102 valence electrons. The molecule has 2 rings (SSSR count). The summed E-state index contributed by atoms with van der Waals surface area (Å²) in [6, 6.07) is 2.88. The van der Waals surface area contributed by atoms with E-state index < -0.39 is 0 Å². The Balaban J connectivity index is 1.73. The Bertz CT molecular complexity index is 332. The maximum Gasteiger partial charge on any atom is 0.0223 e. The summed E-state index contributed by atoms with van der Waals surface area (Å²) < 4.78 is 0. The SMILES string of the molecule is CCC(C)(C)C1CCC(NCc2cc[nH]c2)CC1. The van der Waals surface area contributed by atoms with Gasteiger partial charge in [0.1, 0.15) is 0 Å². The highest BCUT2D eigenvalue weighted by molar-refractivity contribution is 5.07. The molecule has 1 aromatic heterocycles. The van der Waals surface area contributed by atoms with E-state index in [9.17, 15) is 0 Å². The standard InChI is InChI=1S/C16H28N2/c1-4-16(2,3)14-5-7-15(8-6-14)18-12-13-9-10-17-11-13/h9-11,14-15,17-18H,4-8,12H2,1-3H3. The Morgan fingerprint density at radius 2 is 2.00 bits per heavy atom. The first kappa shape index (κ1) is 13.7. The number of aromatic amines is 1. The molecule has 1 heterocycles. The van der Waals surface area contributed by atoms with Gasteiger partial charge in [-0.15, -0.1) is 0 Å². The molecule has 2 N–H and O–H groups in total. The molecule has 0 aliphatic heterocycles. The van der Waals surface area contributed by atoms with E-state index in [1.54, 1.807) is 0 Å². The third-order valence-corrected chi connectivity index (χ3v) is 5.00. The van der Waals surface area contributed by atoms with Crippen molar-refractivity contribution >= 4 is 0 Å². The zero-order chi connectivity index (χ0) is 13.0. The second-order valence-electron chi connectivity index (χ2n) is 6.49. The molecule has 0 aromatic carbocycles. The van der Waals surface area contributed by atoms with E-state index in [-0.39, 0.29) is 0 Å². The van der Waals surface area contributed by atoms with E-state index in [2.05, 4.69) is 43.3 Å². The molecule has 0 unspecified atom stereocenters. The van der Waals surface area contributed by atoms with Crippen LogP contribution in [0.4, 0.5) is 0 Å². The fourth-order valence-electron chi connectivity index (χ4n) is 3.10. The van der Waals surface area contributed by atoms with Gasteiger partial charge in [0.15, 0.2) is 0 Å². The van der Waals surface area contributed by atoms with E-state index in [4.69, 9.17) is 0 Å². The molecule has 2 nitrogen and oxygen atoms in total. The van der Waals surface area contributed by atoms with Crippen LogP contribution in [0.1, 0.15) is 58.4 Å². The molecule has 1 saturated carbocycles. The molecule has 0 radical (unpaired) electrons. The Hall–Kier alpha value is -0.760. The molecule has 1 fully saturated rings. The Labute approximate surface area is 112 Å². The first-order chi connectivity index (χ1) is 8.62. The van der Waals surface area contributed by atoms with Crippen molar-refractivity contribution in [2.75, 3.05) is 0 Å². The number of hydrogen-bond acceptors (Lipinski definition) is 1. The second-order valence-corrected chi connectivity index (χ2v) is 6.49. The van der Waals surface area contributed by atoms with Gasteiger partial charge in [-0.05, 0) is 48.6 Å². The summed E-state index contributed by atoms with van der Waals surface area (Å²) in [5.74, 6) is 0.924. The van der Waals surface area contributed by atoms with Crippen molar-refractivity contribution in [2.24, 2.45) is 11.3 Å². The molecule has 0 spiro atoms. The van der Waals surface area contributed by atoms with E-state index >= 15 is 0 Å². The Morgan fingerprint density at radius 1 is 1.28 bits per heavy atom. The number of rotatable bonds is 5. The predicted molar refractivity (Wildman–Crippen MR) is 77.5 cm³/mol. The van der Waals surface area contributed by atoms with Crippen LogP contribution in [0.5, 0.6) is 0 Å². The minimum atomic E-state index is 0.533. The third kappa shape index (κ3) is 3.38. The molecule has 1 aliphatic carbocycles. The van der Waals surface area contributed by atoms with Gasteiger partial charge < -0.3 is 10.3 Å². The van der Waals surface area contributed by atoms with Gasteiger partial charge in [0.05, 0.1) is 0 Å². The molecule has 0 atom stereocenters. The molecule has 0 saturated heterocycles. The first-order valence-corrected chi connectivity index (χ1v) is 7.47. The van der Waals surface area contributed by atoms with Crippen LogP contribution in [0.2, 0.25) is 0 Å². The highest BCUT2D eigenvalue weighted by Gasteiger charge is 2.31. The van der Waals surface area contributed by atoms with Gasteiger partial charge in [0.25, 0.3) is 0 Å². The normalized spacial score (nSPS) is 25.3. The zero-order valence-corrected chi connectivity index (χ0v) is 12.1. The van der Waals surface area contributed by atoms with Gasteiger partial charge in [0.2, 0.25) is 0 Å². The fourth-order valence-corrected chi connectivity index (χ4v) is 3.10. The lowest BCUT2D eigenvalue weighted by atomic mass is 9.69. The summed E-state index contributed by atoms with van der Waals surface area (Å²) in [4.78, 5) is 3.11. The van der Waals surface area contributed by atoms with E-state index in [0.29, 0.717) is 5.41 Å². The lowest BCUT2D eigenvalue weighted by Crippen LogP contribution is -2.36. The molecule has 2 heteroatoms. The van der Waals surface area contributed by atoms with Crippen LogP contribution in [0.3, 0.4) is 0 Å². The quantitative estimate of drug-likeness (QED) is 0.806. The zero-order valence-electron chi connectivity index (χ0n) is 12.1. The minimum Gasteiger partial charge on any atom is -0.367 e. The van der Waals surface area contributed by atoms with Crippen molar-refractivity contribution in [3.63, 3.8) is 0 Å². The highest BCUT2D eigenvalue weighted by atomic mass is 14.9. The van der Waals surface area contributed by atoms with E-state index in [1.165, 1.54) is 37.7 Å². The van der Waals surface area contributed by atoms with Crippen molar-refractivity contribution in [1.29, 1.82) is 0 Å². The van der Waals surface area contributed by atoms with Crippen molar-refractivity contribution < 1.29 is 0 Å². The lowest BCUT2D eigenvalue weighted by Gasteiger charge is -2.39. The largest absolute Gasteiger partial charge is 0.367 e. The van der Waals surface area contributed by atoms with Gasteiger partial charge in [-0.1, -0.05) is 27.2 Å². The first-order valence-electron chi connectivity index (χ1n) is 7.47. The maximum atomic E-state index is 3.69. The van der Waals surface area contributed by atoms with Crippen LogP contribution in [-0.2, 0) is 6.54 Å². The summed E-state index contributed by atoms with van der Waals surface area (Å²) in [5.41, 5.74) is 1.90. The summed E-state index contributed by atoms with van der Waals surface area (Å²) in [5, 5.41) is 3.69. The summed E-state index contributed by atoms with van der Waals surface area (Å²) in [6.45, 7) is 8.21. The van der Waals surface area contributed by atoms with Gasteiger partial charge in [-0.2, -0.15) is 0 Å². The average molecular weight is 248 g/mol. The second kappa shape index (κ2) is 5.92. The Kier molecular flexibility index (Phi) is 4.50. The molecule has 1 aliphatic rings. The topological polar surface area (TPSA) is 27.8 Å². The molecular formula is C16H28N2. The van der Waals surface area contributed by atoms with Crippen LogP contribution in [0.25, 0.3) is 0 Å². The van der Waals surface area contributed by atoms with Crippen molar-refractivity contribution in [3.8, 4) is 0 Å². The molecule has 0 bridgehead atoms. The minimum absolute atomic E-state index is 0.533. The van der Waals surface area contributed by atoms with Crippen molar-refractivity contribution in [2.45, 2.75) is 65.5 Å². The van der Waals surface area contributed by atoms with Gasteiger partial charge in [-0.3, -0.25) is 0 Å². The predicted octanol–water partition coefficient (Wildman–Crippen LogP) is 4.10. The van der Waals surface area contributed by atoms with Gasteiger partial charge in [0, 0.05) is 25.0 Å². The fraction of sp³-hybridized carbons (Fsp3) is 0.750. The smallest absolute Gasteiger partial charge is 0.0223 e. The summed E-state index contributed by atoms with van der Waals surface area (Å²) in [7, 11) is 0. The van der Waals surface area contributed by atoms with Crippen molar-refractivity contribution in [3.05, 3.63) is 24.0 Å². The van der Waals surface area contributed by atoms with Crippen LogP contribution < -0.4 is 5.32 Å². The average Bonchev–Trinajstić information content (AvgIpc) is 2.90. The van der Waals surface area contributed by atoms with Gasteiger partial charge >= 0.3 is 0 Å². The maximum absolute atomic E-state index is 3.69. The molecular weight excluding hydrogens is 220 g/mol. The molecule has 0 amide bonds. The number of hydrogen-bond donors (Lipinski definition) is 2. The molecule has 1 aromatic rings. The van der Waals surface area contributed by atoms with E-state index in [0.717, 1.165) is 18.5 Å². The van der Waals surface area contributed by atoms with Gasteiger partial charge in [-0.25, -0.2) is 0 Å². The number of nitrogens with one attached hydrogen (secondary N) is 2. The highest BCUT2D eigenvalue weighted by Crippen LogP contribution is 2.40. The number of H-pyrrole nitrogens is 1. The summed E-state index contributed by atoms with van der Waals surface area (Å²) in [6.07, 6.45) is 10.9. The lowest BCUT2D eigenvalue weighted by molar-refractivity contribution is 0.137. The van der Waals surface area contributed by atoms with Crippen LogP contribution >= 0.6 is 0 Å². The molecule has 18 heavy (non-hydrogen) atoms.